The van der Waals surface area contributed by atoms with Gasteiger partial charge in [-0.1, -0.05) is 67.6 Å². The van der Waals surface area contributed by atoms with Crippen LogP contribution < -0.4 is 5.32 Å². The molecule has 1 heterocycles. The SMILES string of the molecule is CCNC1C(=O)N(Cc2ccccc2)C(=O)/C1=C\c1ccccc1. The maximum Gasteiger partial charge on any atom is 0.258 e. The molecule has 2 aromatic carbocycles. The van der Waals surface area contributed by atoms with E-state index in [0.29, 0.717) is 18.7 Å². The highest BCUT2D eigenvalue weighted by molar-refractivity contribution is 6.18. The van der Waals surface area contributed by atoms with Gasteiger partial charge in [0.15, 0.2) is 0 Å². The highest BCUT2D eigenvalue weighted by Crippen LogP contribution is 2.24. The lowest BCUT2D eigenvalue weighted by Gasteiger charge is -2.14. The number of benzene rings is 2. The van der Waals surface area contributed by atoms with Gasteiger partial charge in [0.25, 0.3) is 11.8 Å². The normalized spacial score (nSPS) is 19.3. The van der Waals surface area contributed by atoms with Gasteiger partial charge >= 0.3 is 0 Å². The third kappa shape index (κ3) is 3.29. The summed E-state index contributed by atoms with van der Waals surface area (Å²) < 4.78 is 0. The van der Waals surface area contributed by atoms with Crippen LogP contribution >= 0.6 is 0 Å². The number of rotatable bonds is 5. The number of hydrogen-bond donors (Lipinski definition) is 1. The van der Waals surface area contributed by atoms with Crippen LogP contribution in [0.4, 0.5) is 0 Å². The second kappa shape index (κ2) is 7.23. The first-order valence-electron chi connectivity index (χ1n) is 8.10. The van der Waals surface area contributed by atoms with Gasteiger partial charge in [-0.3, -0.25) is 14.5 Å². The molecule has 4 heteroatoms. The van der Waals surface area contributed by atoms with Crippen LogP contribution in [0.25, 0.3) is 6.08 Å². The van der Waals surface area contributed by atoms with Crippen LogP contribution in [0.15, 0.2) is 66.2 Å². The van der Waals surface area contributed by atoms with Crippen molar-refractivity contribution in [1.82, 2.24) is 10.2 Å². The quantitative estimate of drug-likeness (QED) is 0.680. The standard InChI is InChI=1S/C20H20N2O2/c1-2-21-18-17(13-15-9-5-3-6-10-15)19(23)22(20(18)24)14-16-11-7-4-8-12-16/h3-13,18,21H,2,14H2,1H3/b17-13-. The Kier molecular flexibility index (Phi) is 4.87. The molecule has 0 aromatic heterocycles. The zero-order valence-corrected chi connectivity index (χ0v) is 13.6. The van der Waals surface area contributed by atoms with Crippen molar-refractivity contribution in [2.45, 2.75) is 19.5 Å². The predicted molar refractivity (Wildman–Crippen MR) is 93.9 cm³/mol. The van der Waals surface area contributed by atoms with E-state index in [-0.39, 0.29) is 11.8 Å². The van der Waals surface area contributed by atoms with Gasteiger partial charge in [-0.05, 0) is 23.7 Å². The molecule has 3 rings (SSSR count). The fourth-order valence-electron chi connectivity index (χ4n) is 2.86. The molecule has 122 valence electrons. The Morgan fingerprint density at radius 2 is 1.62 bits per heavy atom. The van der Waals surface area contributed by atoms with Crippen molar-refractivity contribution in [2.24, 2.45) is 0 Å². The van der Waals surface area contributed by atoms with Gasteiger partial charge in [-0.25, -0.2) is 0 Å². The Morgan fingerprint density at radius 3 is 2.25 bits per heavy atom. The van der Waals surface area contributed by atoms with Gasteiger partial charge in [0.1, 0.15) is 6.04 Å². The molecule has 1 aliphatic rings. The van der Waals surface area contributed by atoms with E-state index in [1.165, 1.54) is 4.90 Å². The molecule has 1 unspecified atom stereocenters. The lowest BCUT2D eigenvalue weighted by Crippen LogP contribution is -2.38. The van der Waals surface area contributed by atoms with Crippen molar-refractivity contribution in [2.75, 3.05) is 6.54 Å². The zero-order chi connectivity index (χ0) is 16.9. The molecule has 1 aliphatic heterocycles. The van der Waals surface area contributed by atoms with Crippen LogP contribution in [0.5, 0.6) is 0 Å². The summed E-state index contributed by atoms with van der Waals surface area (Å²) in [6.45, 7) is 2.85. The molecule has 4 nitrogen and oxygen atoms in total. The number of carbonyl (C=O) groups excluding carboxylic acids is 2. The minimum Gasteiger partial charge on any atom is -0.302 e. The van der Waals surface area contributed by atoms with E-state index in [9.17, 15) is 9.59 Å². The second-order valence-corrected chi connectivity index (χ2v) is 5.72. The van der Waals surface area contributed by atoms with E-state index < -0.39 is 6.04 Å². The molecule has 0 radical (unpaired) electrons. The summed E-state index contributed by atoms with van der Waals surface area (Å²) in [5.41, 5.74) is 2.36. The summed E-state index contributed by atoms with van der Waals surface area (Å²) in [4.78, 5) is 26.9. The molecule has 0 bridgehead atoms. The maximum absolute atomic E-state index is 12.8. The Balaban J connectivity index is 1.92. The van der Waals surface area contributed by atoms with E-state index in [2.05, 4.69) is 5.32 Å². The van der Waals surface area contributed by atoms with Crippen molar-refractivity contribution in [3.05, 3.63) is 77.4 Å². The van der Waals surface area contributed by atoms with E-state index in [0.717, 1.165) is 11.1 Å². The van der Waals surface area contributed by atoms with Gasteiger partial charge in [0, 0.05) is 5.57 Å². The summed E-state index contributed by atoms with van der Waals surface area (Å²) in [6, 6.07) is 18.6. The van der Waals surface area contributed by atoms with E-state index >= 15 is 0 Å². The Labute approximate surface area is 141 Å². The molecule has 0 saturated carbocycles. The first kappa shape index (κ1) is 16.1. The van der Waals surface area contributed by atoms with Gasteiger partial charge in [0.05, 0.1) is 6.54 Å². The largest absolute Gasteiger partial charge is 0.302 e. The van der Waals surface area contributed by atoms with E-state index in [1.54, 1.807) is 6.08 Å². The third-order valence-corrected chi connectivity index (χ3v) is 4.03. The smallest absolute Gasteiger partial charge is 0.258 e. The molecular formula is C20H20N2O2. The summed E-state index contributed by atoms with van der Waals surface area (Å²) in [6.07, 6.45) is 1.80. The number of nitrogens with zero attached hydrogens (tertiary/aromatic N) is 1. The van der Waals surface area contributed by atoms with Crippen LogP contribution in [0.2, 0.25) is 0 Å². The van der Waals surface area contributed by atoms with E-state index in [1.807, 2.05) is 67.6 Å². The summed E-state index contributed by atoms with van der Waals surface area (Å²) in [7, 11) is 0. The number of hydrogen-bond acceptors (Lipinski definition) is 3. The van der Waals surface area contributed by atoms with Crippen molar-refractivity contribution >= 4 is 17.9 Å². The number of likely N-dealkylation sites (tertiary alicyclic amines) is 1. The molecule has 0 aliphatic carbocycles. The monoisotopic (exact) mass is 320 g/mol. The molecule has 1 saturated heterocycles. The zero-order valence-electron chi connectivity index (χ0n) is 13.6. The Morgan fingerprint density at radius 1 is 1.00 bits per heavy atom. The van der Waals surface area contributed by atoms with Gasteiger partial charge in [0.2, 0.25) is 0 Å². The molecule has 0 spiro atoms. The van der Waals surface area contributed by atoms with Crippen molar-refractivity contribution in [1.29, 1.82) is 0 Å². The summed E-state index contributed by atoms with van der Waals surface area (Å²) in [5, 5.41) is 3.13. The second-order valence-electron chi connectivity index (χ2n) is 5.72. The average molecular weight is 320 g/mol. The van der Waals surface area contributed by atoms with Gasteiger partial charge in [-0.2, -0.15) is 0 Å². The highest BCUT2D eigenvalue weighted by Gasteiger charge is 2.42. The lowest BCUT2D eigenvalue weighted by atomic mass is 10.1. The highest BCUT2D eigenvalue weighted by atomic mass is 16.2. The Bertz CT molecular complexity index is 754. The predicted octanol–water partition coefficient (Wildman–Crippen LogP) is 2.62. The molecular weight excluding hydrogens is 300 g/mol. The van der Waals surface area contributed by atoms with Gasteiger partial charge in [-0.15, -0.1) is 0 Å². The molecule has 1 fully saturated rings. The van der Waals surface area contributed by atoms with Crippen LogP contribution in [-0.2, 0) is 16.1 Å². The lowest BCUT2D eigenvalue weighted by molar-refractivity contribution is -0.139. The van der Waals surface area contributed by atoms with Crippen molar-refractivity contribution in [3.63, 3.8) is 0 Å². The third-order valence-electron chi connectivity index (χ3n) is 4.03. The molecule has 2 aromatic rings. The van der Waals surface area contributed by atoms with E-state index in [4.69, 9.17) is 0 Å². The number of nitrogens with one attached hydrogen (secondary N) is 1. The molecule has 1 N–H and O–H groups in total. The minimum absolute atomic E-state index is 0.187. The number of carbonyl (C=O) groups is 2. The van der Waals surface area contributed by atoms with Crippen LogP contribution in [0.3, 0.4) is 0 Å². The van der Waals surface area contributed by atoms with Crippen LogP contribution in [-0.4, -0.2) is 29.3 Å². The number of amides is 2. The molecule has 24 heavy (non-hydrogen) atoms. The molecule has 1 atom stereocenters. The Hall–Kier alpha value is -2.72. The first-order chi connectivity index (χ1) is 11.7. The fraction of sp³-hybridized carbons (Fsp3) is 0.200. The fourth-order valence-corrected chi connectivity index (χ4v) is 2.86. The molecule has 2 amide bonds. The van der Waals surface area contributed by atoms with Crippen molar-refractivity contribution < 1.29 is 9.59 Å². The van der Waals surface area contributed by atoms with Crippen LogP contribution in [0, 0.1) is 0 Å². The topological polar surface area (TPSA) is 49.4 Å². The number of likely N-dealkylation sites (N-methyl/N-ethyl adjacent to an activating group) is 1. The van der Waals surface area contributed by atoms with Gasteiger partial charge < -0.3 is 5.32 Å². The van der Waals surface area contributed by atoms with Crippen molar-refractivity contribution in [3.8, 4) is 0 Å². The minimum atomic E-state index is -0.577. The average Bonchev–Trinajstić information content (AvgIpc) is 2.82. The summed E-state index contributed by atoms with van der Waals surface area (Å²) >= 11 is 0. The summed E-state index contributed by atoms with van der Waals surface area (Å²) in [5.74, 6) is -0.411. The number of imide groups is 1. The maximum atomic E-state index is 12.8. The first-order valence-corrected chi connectivity index (χ1v) is 8.10. The van der Waals surface area contributed by atoms with Crippen LogP contribution in [0.1, 0.15) is 18.1 Å².